The molecule has 1 aliphatic heterocycles. The Balaban J connectivity index is 1.42. The molecule has 1 N–H and O–H groups in total. The number of benzene rings is 1. The summed E-state index contributed by atoms with van der Waals surface area (Å²) in [6.07, 6.45) is 6.07. The van der Waals surface area contributed by atoms with E-state index in [4.69, 9.17) is 0 Å². The molecule has 24 heavy (non-hydrogen) atoms. The average Bonchev–Trinajstić information content (AvgIpc) is 2.61. The van der Waals surface area contributed by atoms with Crippen LogP contribution in [-0.4, -0.2) is 29.3 Å². The molecule has 4 nitrogen and oxygen atoms in total. The van der Waals surface area contributed by atoms with Crippen molar-refractivity contribution in [2.24, 2.45) is 5.92 Å². The molecule has 0 atom stereocenters. The molecule has 1 aromatic rings. The van der Waals surface area contributed by atoms with E-state index >= 15 is 0 Å². The van der Waals surface area contributed by atoms with Crippen molar-refractivity contribution in [3.8, 4) is 0 Å². The molecule has 0 spiro atoms. The number of hydrogen-bond donors (Lipinski definition) is 1. The smallest absolute Gasteiger partial charge is 0.223 e. The summed E-state index contributed by atoms with van der Waals surface area (Å²) in [6, 6.07) is 8.60. The first-order valence-electron chi connectivity index (χ1n) is 9.25. The predicted octanol–water partition coefficient (Wildman–Crippen LogP) is 3.05. The van der Waals surface area contributed by atoms with Crippen LogP contribution in [0.25, 0.3) is 0 Å². The third-order valence-electron chi connectivity index (χ3n) is 5.43. The van der Waals surface area contributed by atoms with Crippen LogP contribution >= 0.6 is 0 Å². The third-order valence-corrected chi connectivity index (χ3v) is 5.43. The second-order valence-electron chi connectivity index (χ2n) is 7.36. The average molecular weight is 328 g/mol. The lowest BCUT2D eigenvalue weighted by Crippen LogP contribution is -2.39. The van der Waals surface area contributed by atoms with Gasteiger partial charge in [-0.25, -0.2) is 0 Å². The summed E-state index contributed by atoms with van der Waals surface area (Å²) in [6.45, 7) is 3.71. The van der Waals surface area contributed by atoms with Gasteiger partial charge >= 0.3 is 0 Å². The second-order valence-corrected chi connectivity index (χ2v) is 7.36. The number of nitrogens with zero attached hydrogens (tertiary/aromatic N) is 1. The largest absolute Gasteiger partial charge is 0.353 e. The highest BCUT2D eigenvalue weighted by atomic mass is 16.2. The monoisotopic (exact) mass is 328 g/mol. The minimum absolute atomic E-state index is 0.0281. The highest BCUT2D eigenvalue weighted by Gasteiger charge is 2.22. The van der Waals surface area contributed by atoms with E-state index < -0.39 is 0 Å². The van der Waals surface area contributed by atoms with Gasteiger partial charge in [-0.2, -0.15) is 0 Å². The second kappa shape index (κ2) is 7.82. The maximum atomic E-state index is 12.4. The molecule has 2 amide bonds. The van der Waals surface area contributed by atoms with Gasteiger partial charge in [0.1, 0.15) is 0 Å². The van der Waals surface area contributed by atoms with E-state index in [1.54, 1.807) is 0 Å². The Labute approximate surface area is 144 Å². The van der Waals surface area contributed by atoms with Gasteiger partial charge in [0.05, 0.1) is 0 Å². The van der Waals surface area contributed by atoms with E-state index in [1.165, 1.54) is 24.0 Å². The molecule has 0 aromatic heterocycles. The minimum Gasteiger partial charge on any atom is -0.353 e. The maximum absolute atomic E-state index is 12.4. The van der Waals surface area contributed by atoms with E-state index in [9.17, 15) is 9.59 Å². The molecule has 1 saturated carbocycles. The Morgan fingerprint density at radius 1 is 1.08 bits per heavy atom. The summed E-state index contributed by atoms with van der Waals surface area (Å²) in [4.78, 5) is 26.4. The topological polar surface area (TPSA) is 49.4 Å². The molecular weight excluding hydrogens is 300 g/mol. The zero-order chi connectivity index (χ0) is 16.9. The van der Waals surface area contributed by atoms with Crippen LogP contribution in [0.5, 0.6) is 0 Å². The number of nitrogens with one attached hydrogen (secondary N) is 1. The molecule has 2 aliphatic rings. The Morgan fingerprint density at radius 3 is 2.54 bits per heavy atom. The van der Waals surface area contributed by atoms with Gasteiger partial charge in [0.15, 0.2) is 0 Å². The van der Waals surface area contributed by atoms with Crippen LogP contribution in [0.4, 0.5) is 0 Å². The first-order chi connectivity index (χ1) is 11.6. The van der Waals surface area contributed by atoms with E-state index in [2.05, 4.69) is 24.4 Å². The molecule has 1 heterocycles. The van der Waals surface area contributed by atoms with Gasteiger partial charge in [-0.3, -0.25) is 9.59 Å². The zero-order valence-electron chi connectivity index (χ0n) is 14.6. The molecule has 1 fully saturated rings. The highest BCUT2D eigenvalue weighted by molar-refractivity contribution is 5.84. The zero-order valence-corrected chi connectivity index (χ0v) is 14.6. The summed E-state index contributed by atoms with van der Waals surface area (Å²) in [5, 5.41) is 3.10. The fraction of sp³-hybridized carbons (Fsp3) is 0.600. The summed E-state index contributed by atoms with van der Waals surface area (Å²) >= 11 is 0. The van der Waals surface area contributed by atoms with Crippen LogP contribution in [0.15, 0.2) is 24.3 Å². The fourth-order valence-electron chi connectivity index (χ4n) is 3.79. The lowest BCUT2D eigenvalue weighted by Gasteiger charge is -2.29. The molecule has 130 valence electrons. The van der Waals surface area contributed by atoms with Crippen molar-refractivity contribution >= 4 is 11.8 Å². The van der Waals surface area contributed by atoms with E-state index in [1.807, 2.05) is 17.0 Å². The van der Waals surface area contributed by atoms with Gasteiger partial charge in [-0.15, -0.1) is 0 Å². The lowest BCUT2D eigenvalue weighted by atomic mass is 9.87. The number of rotatable bonds is 4. The quantitative estimate of drug-likeness (QED) is 0.923. The van der Waals surface area contributed by atoms with Crippen LogP contribution < -0.4 is 5.32 Å². The third kappa shape index (κ3) is 4.37. The van der Waals surface area contributed by atoms with E-state index in [-0.39, 0.29) is 11.8 Å². The van der Waals surface area contributed by atoms with Crippen molar-refractivity contribution in [1.29, 1.82) is 0 Å². The molecule has 0 saturated heterocycles. The SMILES string of the molecule is CC1CCC(NC(=O)CCC(=O)N2CCc3ccccc3C2)CC1. The summed E-state index contributed by atoms with van der Waals surface area (Å²) in [5.74, 6) is 0.902. The van der Waals surface area contributed by atoms with E-state index in [0.717, 1.165) is 31.7 Å². The Morgan fingerprint density at radius 2 is 1.79 bits per heavy atom. The summed E-state index contributed by atoms with van der Waals surface area (Å²) in [5.41, 5.74) is 2.57. The molecule has 0 radical (unpaired) electrons. The molecule has 4 heteroatoms. The number of hydrogen-bond acceptors (Lipinski definition) is 2. The van der Waals surface area contributed by atoms with Gasteiger partial charge in [-0.05, 0) is 49.1 Å². The normalized spacial score (nSPS) is 23.5. The summed E-state index contributed by atoms with van der Waals surface area (Å²) in [7, 11) is 0. The molecule has 0 unspecified atom stereocenters. The van der Waals surface area contributed by atoms with Crippen molar-refractivity contribution in [2.45, 2.75) is 64.5 Å². The van der Waals surface area contributed by atoms with Crippen molar-refractivity contribution in [3.63, 3.8) is 0 Å². The lowest BCUT2D eigenvalue weighted by molar-refractivity contribution is -0.134. The van der Waals surface area contributed by atoms with Gasteiger partial charge < -0.3 is 10.2 Å². The van der Waals surface area contributed by atoms with Gasteiger partial charge in [0.25, 0.3) is 0 Å². The molecule has 1 aromatic carbocycles. The van der Waals surface area contributed by atoms with E-state index in [0.29, 0.717) is 25.4 Å². The Bertz CT molecular complexity index is 591. The van der Waals surface area contributed by atoms with Crippen molar-refractivity contribution in [3.05, 3.63) is 35.4 Å². The number of fused-ring (bicyclic) bond motifs is 1. The summed E-state index contributed by atoms with van der Waals surface area (Å²) < 4.78 is 0. The first-order valence-corrected chi connectivity index (χ1v) is 9.25. The number of amides is 2. The molecular formula is C20H28N2O2. The standard InChI is InChI=1S/C20H28N2O2/c1-15-6-8-18(9-7-15)21-19(23)10-11-20(24)22-13-12-16-4-2-3-5-17(16)14-22/h2-5,15,18H,6-14H2,1H3,(H,21,23). The highest BCUT2D eigenvalue weighted by Crippen LogP contribution is 2.23. The number of carbonyl (C=O) groups is 2. The Hall–Kier alpha value is -1.84. The van der Waals surface area contributed by atoms with Crippen LogP contribution in [0.2, 0.25) is 0 Å². The maximum Gasteiger partial charge on any atom is 0.223 e. The minimum atomic E-state index is 0.0281. The van der Waals surface area contributed by atoms with Gasteiger partial charge in [-0.1, -0.05) is 31.2 Å². The first kappa shape index (κ1) is 17.0. The predicted molar refractivity (Wildman–Crippen MR) is 94.4 cm³/mol. The van der Waals surface area contributed by atoms with Gasteiger partial charge in [0, 0.05) is 32.0 Å². The number of carbonyl (C=O) groups excluding carboxylic acids is 2. The van der Waals surface area contributed by atoms with Crippen LogP contribution in [0, 0.1) is 5.92 Å². The Kier molecular flexibility index (Phi) is 5.54. The van der Waals surface area contributed by atoms with Crippen LogP contribution in [0.1, 0.15) is 56.6 Å². The van der Waals surface area contributed by atoms with Crippen molar-refractivity contribution in [1.82, 2.24) is 10.2 Å². The fourth-order valence-corrected chi connectivity index (χ4v) is 3.79. The van der Waals surface area contributed by atoms with Crippen molar-refractivity contribution < 1.29 is 9.59 Å². The van der Waals surface area contributed by atoms with Gasteiger partial charge in [0.2, 0.25) is 11.8 Å². The molecule has 0 bridgehead atoms. The van der Waals surface area contributed by atoms with Crippen LogP contribution in [-0.2, 0) is 22.6 Å². The molecule has 1 aliphatic carbocycles. The van der Waals surface area contributed by atoms with Crippen LogP contribution in [0.3, 0.4) is 0 Å². The van der Waals surface area contributed by atoms with Crippen molar-refractivity contribution in [2.75, 3.05) is 6.54 Å². The molecule has 3 rings (SSSR count).